The maximum Gasteiger partial charge on any atom is 0.170 e. The third-order valence-corrected chi connectivity index (χ3v) is 13.6. The predicted molar refractivity (Wildman–Crippen MR) is 261 cm³/mol. The van der Waals surface area contributed by atoms with Crippen LogP contribution in [0.1, 0.15) is 35.1 Å². The van der Waals surface area contributed by atoms with E-state index in [0.717, 1.165) is 58.1 Å². The van der Waals surface area contributed by atoms with Gasteiger partial charge < -0.3 is 14.4 Å². The highest BCUT2D eigenvalue weighted by Crippen LogP contribution is 2.65. The summed E-state index contributed by atoms with van der Waals surface area (Å²) in [5.74, 6) is 2.85. The summed E-state index contributed by atoms with van der Waals surface area (Å²) in [4.78, 5) is 2.39. The van der Waals surface area contributed by atoms with Gasteiger partial charge in [0.25, 0.3) is 0 Å². The highest BCUT2D eigenvalue weighted by atomic mass is 16.6. The Bertz CT molecular complexity index is 3400. The van der Waals surface area contributed by atoms with Crippen molar-refractivity contribution in [1.82, 2.24) is 0 Å². The minimum absolute atomic E-state index is 0.424. The lowest BCUT2D eigenvalue weighted by atomic mass is 9.69. The molecule has 13 rings (SSSR count). The molecule has 1 unspecified atom stereocenters. The van der Waals surface area contributed by atoms with Gasteiger partial charge in [0, 0.05) is 16.8 Å². The third-order valence-electron chi connectivity index (χ3n) is 13.6. The molecule has 0 saturated heterocycles. The van der Waals surface area contributed by atoms with Crippen molar-refractivity contribution in [3.05, 3.63) is 252 Å². The molecule has 0 fully saturated rings. The number of anilines is 3. The first kappa shape index (κ1) is 36.5. The summed E-state index contributed by atoms with van der Waals surface area (Å²) in [6.07, 6.45) is 6.83. The van der Waals surface area contributed by atoms with Crippen LogP contribution in [0.4, 0.5) is 17.1 Å². The summed E-state index contributed by atoms with van der Waals surface area (Å²) >= 11 is 0. The Morgan fingerprint density at radius 1 is 0.375 bits per heavy atom. The van der Waals surface area contributed by atoms with Crippen molar-refractivity contribution in [3.63, 3.8) is 0 Å². The fourth-order valence-corrected chi connectivity index (χ4v) is 11.0. The molecule has 0 amide bonds. The van der Waals surface area contributed by atoms with E-state index in [-0.39, 0.29) is 0 Å². The molecular weight excluding hydrogens is 779 g/mol. The Labute approximate surface area is 373 Å². The number of hydrogen-bond acceptors (Lipinski definition) is 3. The molecule has 64 heavy (non-hydrogen) atoms. The molecule has 1 heterocycles. The summed E-state index contributed by atoms with van der Waals surface area (Å²) in [6, 6.07) is 76.2. The van der Waals surface area contributed by atoms with E-state index >= 15 is 0 Å². The highest BCUT2D eigenvalue weighted by Gasteiger charge is 2.53. The molecule has 3 heteroatoms. The van der Waals surface area contributed by atoms with Gasteiger partial charge in [0.05, 0.1) is 16.8 Å². The zero-order valence-electron chi connectivity index (χ0n) is 35.0. The van der Waals surface area contributed by atoms with Crippen LogP contribution in [0, 0.1) is 0 Å². The van der Waals surface area contributed by atoms with Crippen molar-refractivity contribution in [2.24, 2.45) is 0 Å². The van der Waals surface area contributed by atoms with Crippen molar-refractivity contribution in [2.45, 2.75) is 18.3 Å². The fraction of sp³-hybridized carbons (Fsp3) is 0.0492. The van der Waals surface area contributed by atoms with Gasteiger partial charge in [-0.3, -0.25) is 0 Å². The molecule has 9 aromatic rings. The van der Waals surface area contributed by atoms with Crippen molar-refractivity contribution in [3.8, 4) is 67.5 Å². The van der Waals surface area contributed by atoms with Gasteiger partial charge in [-0.2, -0.15) is 0 Å². The summed E-state index contributed by atoms with van der Waals surface area (Å²) < 4.78 is 13.8. The number of nitrogens with zero attached hydrogens (tertiary/aromatic N) is 1. The van der Waals surface area contributed by atoms with Crippen LogP contribution in [0.15, 0.2) is 230 Å². The lowest BCUT2D eigenvalue weighted by Gasteiger charge is -2.33. The molecule has 0 saturated carbocycles. The summed E-state index contributed by atoms with van der Waals surface area (Å²) in [6.45, 7) is 0. The largest absolute Gasteiger partial charge is 0.449 e. The molecule has 3 nitrogen and oxygen atoms in total. The molecule has 302 valence electrons. The first-order chi connectivity index (χ1) is 31.8. The van der Waals surface area contributed by atoms with E-state index in [1.54, 1.807) is 0 Å². The Kier molecular flexibility index (Phi) is 8.26. The first-order valence-corrected chi connectivity index (χ1v) is 22.2. The summed E-state index contributed by atoms with van der Waals surface area (Å²) in [7, 11) is 0. The number of hydrogen-bond donors (Lipinski definition) is 0. The molecular formula is C61H41NO2. The molecule has 9 aromatic carbocycles. The standard InChI is InChI=1S/C61H41NO2/c1-3-19-40(20-4-1)43-23-7-8-25-45(43)49-29-13-18-34-56(49)62(42-21-5-2-6-22-42)55-33-17-12-24-44(55)41-35-36-57-58(37-41)64-60-39-54-50(38-59(60)63-57)48-28-11-16-32-53(48)61(54)51-30-14-9-26-46(51)47-27-10-15-31-52(47)61/h1-9,11-26,28-39H,10,27H2. The number of benzene rings is 9. The lowest BCUT2D eigenvalue weighted by Crippen LogP contribution is -2.27. The maximum absolute atomic E-state index is 7.02. The zero-order chi connectivity index (χ0) is 42.2. The number of ether oxygens (including phenoxy) is 2. The second-order valence-corrected chi connectivity index (χ2v) is 17.0. The van der Waals surface area contributed by atoms with Gasteiger partial charge in [-0.1, -0.05) is 176 Å². The summed E-state index contributed by atoms with van der Waals surface area (Å²) in [5.41, 5.74) is 20.1. The average molecular weight is 820 g/mol. The van der Waals surface area contributed by atoms with Crippen LogP contribution >= 0.6 is 0 Å². The smallest absolute Gasteiger partial charge is 0.170 e. The Morgan fingerprint density at radius 2 is 0.938 bits per heavy atom. The van der Waals surface area contributed by atoms with Gasteiger partial charge in [0.2, 0.25) is 0 Å². The minimum Gasteiger partial charge on any atom is -0.449 e. The highest BCUT2D eigenvalue weighted by molar-refractivity contribution is 5.99. The normalized spacial score (nSPS) is 15.9. The van der Waals surface area contributed by atoms with Crippen LogP contribution in [-0.4, -0.2) is 0 Å². The van der Waals surface area contributed by atoms with E-state index in [2.05, 4.69) is 229 Å². The molecule has 1 atom stereocenters. The van der Waals surface area contributed by atoms with Crippen LogP contribution in [0.5, 0.6) is 23.0 Å². The van der Waals surface area contributed by atoms with Gasteiger partial charge in [-0.05, 0) is 128 Å². The van der Waals surface area contributed by atoms with Gasteiger partial charge >= 0.3 is 0 Å². The molecule has 3 aliphatic carbocycles. The minimum atomic E-state index is -0.424. The number of allylic oxidation sites excluding steroid dienone is 4. The molecule has 1 aliphatic heterocycles. The Morgan fingerprint density at radius 3 is 1.72 bits per heavy atom. The quantitative estimate of drug-likeness (QED) is 0.167. The molecule has 0 radical (unpaired) electrons. The Hall–Kier alpha value is -8.14. The predicted octanol–water partition coefficient (Wildman–Crippen LogP) is 16.5. The molecule has 0 aromatic heterocycles. The zero-order valence-corrected chi connectivity index (χ0v) is 35.0. The topological polar surface area (TPSA) is 21.7 Å². The van der Waals surface area contributed by atoms with Crippen LogP contribution in [0.3, 0.4) is 0 Å². The third kappa shape index (κ3) is 5.41. The molecule has 4 aliphatic rings. The van der Waals surface area contributed by atoms with Crippen LogP contribution < -0.4 is 14.4 Å². The number of rotatable bonds is 6. The van der Waals surface area contributed by atoms with E-state index in [1.165, 1.54) is 61.2 Å². The van der Waals surface area contributed by atoms with E-state index in [9.17, 15) is 0 Å². The summed E-state index contributed by atoms with van der Waals surface area (Å²) in [5, 5.41) is 0. The van der Waals surface area contributed by atoms with E-state index in [1.807, 2.05) is 0 Å². The van der Waals surface area contributed by atoms with Crippen LogP contribution in [0.2, 0.25) is 0 Å². The monoisotopic (exact) mass is 819 g/mol. The van der Waals surface area contributed by atoms with E-state index in [4.69, 9.17) is 9.47 Å². The van der Waals surface area contributed by atoms with Crippen LogP contribution in [0.25, 0.3) is 50.1 Å². The van der Waals surface area contributed by atoms with Crippen LogP contribution in [-0.2, 0) is 5.41 Å². The van der Waals surface area contributed by atoms with Gasteiger partial charge in [0.15, 0.2) is 23.0 Å². The lowest BCUT2D eigenvalue weighted by molar-refractivity contribution is 0.359. The van der Waals surface area contributed by atoms with E-state index < -0.39 is 5.41 Å². The van der Waals surface area contributed by atoms with Gasteiger partial charge in [0.1, 0.15) is 0 Å². The number of fused-ring (bicyclic) bond motifs is 11. The van der Waals surface area contributed by atoms with Crippen molar-refractivity contribution in [1.29, 1.82) is 0 Å². The first-order valence-electron chi connectivity index (χ1n) is 22.2. The molecule has 0 N–H and O–H groups in total. The number of para-hydroxylation sites is 3. The van der Waals surface area contributed by atoms with Gasteiger partial charge in [-0.15, -0.1) is 0 Å². The molecule has 1 spiro atoms. The molecule has 0 bridgehead atoms. The second-order valence-electron chi connectivity index (χ2n) is 17.0. The van der Waals surface area contributed by atoms with Gasteiger partial charge in [-0.25, -0.2) is 0 Å². The van der Waals surface area contributed by atoms with Crippen molar-refractivity contribution < 1.29 is 9.47 Å². The second kappa shape index (κ2) is 14.5. The Balaban J connectivity index is 0.935. The van der Waals surface area contributed by atoms with Crippen molar-refractivity contribution in [2.75, 3.05) is 4.90 Å². The SMILES string of the molecule is C1=CC2=C(CC1)c1ccccc1C21c2ccccc2-c2cc3c(cc21)Oc1cc(-c2ccccc2N(c2ccccc2)c2ccccc2-c2ccccc2-c2ccccc2)ccc1O3. The maximum atomic E-state index is 7.02. The van der Waals surface area contributed by atoms with E-state index in [0.29, 0.717) is 11.5 Å². The fourth-order valence-electron chi connectivity index (χ4n) is 11.0. The average Bonchev–Trinajstić information content (AvgIpc) is 3.83. The van der Waals surface area contributed by atoms with Crippen molar-refractivity contribution >= 4 is 22.6 Å².